The molecule has 1 N–H and O–H groups in total. The number of hydrogen-bond acceptors (Lipinski definition) is 7. The van der Waals surface area contributed by atoms with Gasteiger partial charge in [0.1, 0.15) is 12.8 Å². The Morgan fingerprint density at radius 3 is 2.80 bits per heavy atom. The van der Waals surface area contributed by atoms with Gasteiger partial charge in [-0.2, -0.15) is 0 Å². The van der Waals surface area contributed by atoms with Crippen LogP contribution in [0.25, 0.3) is 0 Å². The maximum absolute atomic E-state index is 12.2. The summed E-state index contributed by atoms with van der Waals surface area (Å²) in [5.74, 6) is -2.51. The minimum absolute atomic E-state index is 0. The van der Waals surface area contributed by atoms with Gasteiger partial charge >= 0.3 is 29.6 Å². The van der Waals surface area contributed by atoms with Crippen molar-refractivity contribution in [2.75, 3.05) is 7.11 Å². The van der Waals surface area contributed by atoms with E-state index in [9.17, 15) is 19.8 Å². The number of carboxylic acids is 1. The van der Waals surface area contributed by atoms with Crippen molar-refractivity contribution in [2.45, 2.75) is 25.5 Å². The van der Waals surface area contributed by atoms with Crippen LogP contribution in [0.2, 0.25) is 0 Å². The number of aliphatic hydroxyl groups excluding tert-OH is 1. The zero-order chi connectivity index (χ0) is 17.4. The van der Waals surface area contributed by atoms with E-state index < -0.39 is 29.9 Å². The zero-order valence-corrected chi connectivity index (χ0v) is 16.2. The summed E-state index contributed by atoms with van der Waals surface area (Å²) < 4.78 is 0. The fourth-order valence-electron chi connectivity index (χ4n) is 3.35. The zero-order valence-electron chi connectivity index (χ0n) is 14.2. The van der Waals surface area contributed by atoms with Crippen LogP contribution < -0.4 is 34.7 Å². The third-order valence-corrected chi connectivity index (χ3v) is 4.33. The number of carbonyl (C=O) groups is 2. The molecule has 0 spiro atoms. The smallest absolute Gasteiger partial charge is 0.543 e. The topological polar surface area (TPSA) is 115 Å². The first kappa shape index (κ1) is 19.6. The predicted molar refractivity (Wildman–Crippen MR) is 80.2 cm³/mol. The van der Waals surface area contributed by atoms with Gasteiger partial charge in [-0.25, -0.2) is 0 Å². The molecule has 9 heteroatoms. The summed E-state index contributed by atoms with van der Waals surface area (Å²) in [6.45, 7) is 1.52. The van der Waals surface area contributed by atoms with Crippen LogP contribution in [0.5, 0.6) is 0 Å². The Morgan fingerprint density at radius 1 is 1.56 bits per heavy atom. The van der Waals surface area contributed by atoms with Crippen molar-refractivity contribution in [3.8, 4) is 0 Å². The Labute approximate surface area is 166 Å². The molecule has 126 valence electrons. The molecule has 2 aliphatic heterocycles. The molecule has 2 aliphatic rings. The summed E-state index contributed by atoms with van der Waals surface area (Å²) in [5, 5.41) is 25.3. The van der Waals surface area contributed by atoms with Gasteiger partial charge in [0, 0.05) is 23.5 Å². The number of carboxylic acid groups (broad SMARTS) is 1. The van der Waals surface area contributed by atoms with Gasteiger partial charge in [0.2, 0.25) is 5.91 Å². The van der Waals surface area contributed by atoms with E-state index in [0.717, 1.165) is 0 Å². The Morgan fingerprint density at radius 2 is 2.28 bits per heavy atom. The van der Waals surface area contributed by atoms with E-state index in [4.69, 9.17) is 4.84 Å². The molecule has 1 aromatic rings. The van der Waals surface area contributed by atoms with Crippen LogP contribution in [0.4, 0.5) is 0 Å². The number of nitrogens with zero attached hydrogens (tertiary/aromatic N) is 3. The van der Waals surface area contributed by atoms with E-state index in [1.807, 2.05) is 0 Å². The maximum atomic E-state index is 12.2. The van der Waals surface area contributed by atoms with Crippen molar-refractivity contribution >= 4 is 17.6 Å². The van der Waals surface area contributed by atoms with Crippen LogP contribution in [-0.2, 0) is 14.4 Å². The molecule has 3 atom stereocenters. The Balaban J connectivity index is 0.00000225. The van der Waals surface area contributed by atoms with Crippen molar-refractivity contribution in [1.82, 2.24) is 9.88 Å². The van der Waals surface area contributed by atoms with E-state index in [0.29, 0.717) is 11.1 Å². The van der Waals surface area contributed by atoms with Gasteiger partial charge in [0.25, 0.3) is 0 Å². The minimum Gasteiger partial charge on any atom is -0.543 e. The number of rotatable bonds is 5. The molecule has 0 aliphatic carbocycles. The minimum atomic E-state index is -1.46. The van der Waals surface area contributed by atoms with Gasteiger partial charge in [-0.1, -0.05) is 5.16 Å². The van der Waals surface area contributed by atoms with E-state index in [1.54, 1.807) is 18.3 Å². The number of amides is 1. The molecule has 3 heterocycles. The van der Waals surface area contributed by atoms with Gasteiger partial charge in [-0.3, -0.25) is 9.78 Å². The summed E-state index contributed by atoms with van der Waals surface area (Å²) >= 11 is 0. The van der Waals surface area contributed by atoms with Crippen molar-refractivity contribution in [3.63, 3.8) is 0 Å². The number of aliphatic hydroxyl groups is 1. The number of fused-ring (bicyclic) bond motifs is 1. The first-order valence-electron chi connectivity index (χ1n) is 7.45. The molecule has 0 radical (unpaired) electrons. The molecule has 0 bridgehead atoms. The molecule has 1 saturated heterocycles. The first-order chi connectivity index (χ1) is 11.5. The molecule has 1 fully saturated rings. The predicted octanol–water partition coefficient (Wildman–Crippen LogP) is -3.95. The van der Waals surface area contributed by atoms with Crippen LogP contribution in [0.15, 0.2) is 41.0 Å². The quantitative estimate of drug-likeness (QED) is 0.250. The molecule has 25 heavy (non-hydrogen) atoms. The average Bonchev–Trinajstić information content (AvgIpc) is 2.88. The number of aliphatic carboxylic acids is 1. The SMILES string of the molecule is CO/N=C(\C1=C(C(=O)[O-])N2C(=O)[C@H]([C@@H](C)O)[C@H]2C1)c1cccnc1.[Na+]. The van der Waals surface area contributed by atoms with Crippen molar-refractivity contribution in [3.05, 3.63) is 41.4 Å². The van der Waals surface area contributed by atoms with E-state index >= 15 is 0 Å². The number of oxime groups is 1. The van der Waals surface area contributed by atoms with Gasteiger partial charge in [0.15, 0.2) is 0 Å². The standard InChI is InChI=1S/C16H17N3O5.Na/c1-8(20)12-11-6-10(14(16(22)23)19(11)15(12)21)13(18-24-2)9-4-3-5-17-7-9;/h3-5,7-8,11-12,20H,6H2,1-2H3,(H,22,23);/q;+1/p-1/b18-13-;/t8-,11-,12-;/m1./s1. The summed E-state index contributed by atoms with van der Waals surface area (Å²) in [4.78, 5) is 33.9. The molecular weight excluding hydrogens is 337 g/mol. The second-order valence-corrected chi connectivity index (χ2v) is 5.72. The Hall–Kier alpha value is -1.74. The number of pyridine rings is 1. The van der Waals surface area contributed by atoms with Gasteiger partial charge < -0.3 is 24.7 Å². The molecule has 0 aromatic carbocycles. The molecule has 0 unspecified atom stereocenters. The monoisotopic (exact) mass is 353 g/mol. The van der Waals surface area contributed by atoms with Crippen LogP contribution >= 0.6 is 0 Å². The largest absolute Gasteiger partial charge is 1.00 e. The molecular formula is C16H16N3NaO5. The fourth-order valence-corrected chi connectivity index (χ4v) is 3.35. The molecule has 3 rings (SSSR count). The summed E-state index contributed by atoms with van der Waals surface area (Å²) in [6.07, 6.45) is 2.50. The second kappa shape index (κ2) is 7.65. The van der Waals surface area contributed by atoms with Crippen molar-refractivity contribution in [1.29, 1.82) is 0 Å². The third kappa shape index (κ3) is 3.22. The summed E-state index contributed by atoms with van der Waals surface area (Å²) in [7, 11) is 1.35. The number of hydrogen-bond donors (Lipinski definition) is 1. The molecule has 8 nitrogen and oxygen atoms in total. The number of aromatic nitrogens is 1. The van der Waals surface area contributed by atoms with E-state index in [-0.39, 0.29) is 47.4 Å². The van der Waals surface area contributed by atoms with Gasteiger partial charge in [-0.05, 0) is 25.5 Å². The van der Waals surface area contributed by atoms with Gasteiger partial charge in [-0.15, -0.1) is 0 Å². The second-order valence-electron chi connectivity index (χ2n) is 5.72. The summed E-state index contributed by atoms with van der Waals surface area (Å²) in [5.41, 5.74) is 0.973. The van der Waals surface area contributed by atoms with Crippen LogP contribution in [0, 0.1) is 5.92 Å². The molecule has 1 amide bonds. The molecule has 0 saturated carbocycles. The Kier molecular flexibility index (Phi) is 5.99. The maximum Gasteiger partial charge on any atom is 1.00 e. The van der Waals surface area contributed by atoms with Gasteiger partial charge in [0.05, 0.1) is 29.7 Å². The van der Waals surface area contributed by atoms with E-state index in [1.165, 1.54) is 25.1 Å². The van der Waals surface area contributed by atoms with Crippen molar-refractivity contribution < 1.29 is 54.2 Å². The number of β-lactam (4-membered cyclic amide) rings is 1. The fraction of sp³-hybridized carbons (Fsp3) is 0.375. The average molecular weight is 353 g/mol. The number of carbonyl (C=O) groups excluding carboxylic acids is 2. The third-order valence-electron chi connectivity index (χ3n) is 4.33. The van der Waals surface area contributed by atoms with Crippen LogP contribution in [0.1, 0.15) is 18.9 Å². The van der Waals surface area contributed by atoms with Crippen LogP contribution in [0.3, 0.4) is 0 Å². The van der Waals surface area contributed by atoms with Crippen molar-refractivity contribution in [2.24, 2.45) is 11.1 Å². The van der Waals surface area contributed by atoms with E-state index in [2.05, 4.69) is 10.1 Å². The first-order valence-corrected chi connectivity index (χ1v) is 7.45. The Bertz CT molecular complexity index is 747. The normalized spacial score (nSPS) is 23.6. The molecule has 1 aromatic heterocycles. The van der Waals surface area contributed by atoms with Crippen LogP contribution in [-0.4, -0.2) is 51.8 Å². The summed E-state index contributed by atoms with van der Waals surface area (Å²) in [6, 6.07) is 2.99.